The first-order chi connectivity index (χ1) is 13.0. The van der Waals surface area contributed by atoms with Gasteiger partial charge in [-0.25, -0.2) is 4.79 Å². The van der Waals surface area contributed by atoms with E-state index in [0.29, 0.717) is 22.1 Å². The van der Waals surface area contributed by atoms with Gasteiger partial charge in [0, 0.05) is 11.3 Å². The summed E-state index contributed by atoms with van der Waals surface area (Å²) in [4.78, 5) is 11.4. The molecular formula is C18H14F2N2O4S. The number of esters is 1. The molecule has 0 unspecified atom stereocenters. The van der Waals surface area contributed by atoms with E-state index in [2.05, 4.69) is 19.7 Å². The van der Waals surface area contributed by atoms with Gasteiger partial charge in [0.2, 0.25) is 5.89 Å². The molecule has 9 heteroatoms. The Hall–Kier alpha value is -2.94. The second-order valence-electron chi connectivity index (χ2n) is 5.25. The fourth-order valence-corrected chi connectivity index (χ4v) is 2.88. The normalized spacial score (nSPS) is 10.8. The lowest BCUT2D eigenvalue weighted by Crippen LogP contribution is -2.01. The highest BCUT2D eigenvalue weighted by atomic mass is 32.2. The highest BCUT2D eigenvalue weighted by molar-refractivity contribution is 7.98. The Morgan fingerprint density at radius 1 is 1.11 bits per heavy atom. The van der Waals surface area contributed by atoms with E-state index in [1.807, 2.05) is 12.1 Å². The van der Waals surface area contributed by atoms with Crippen LogP contribution in [0.25, 0.3) is 11.5 Å². The molecule has 1 heterocycles. The molecule has 0 saturated heterocycles. The molecule has 0 radical (unpaired) electrons. The van der Waals surface area contributed by atoms with Gasteiger partial charge in [-0.1, -0.05) is 23.9 Å². The van der Waals surface area contributed by atoms with Crippen molar-refractivity contribution in [2.24, 2.45) is 0 Å². The highest BCUT2D eigenvalue weighted by Crippen LogP contribution is 2.27. The van der Waals surface area contributed by atoms with E-state index in [4.69, 9.17) is 4.42 Å². The van der Waals surface area contributed by atoms with E-state index < -0.39 is 6.61 Å². The number of hydrogen-bond acceptors (Lipinski definition) is 7. The van der Waals surface area contributed by atoms with Crippen LogP contribution in [0.3, 0.4) is 0 Å². The van der Waals surface area contributed by atoms with Crippen LogP contribution >= 0.6 is 11.8 Å². The Balaban J connectivity index is 1.60. The van der Waals surface area contributed by atoms with Crippen molar-refractivity contribution in [1.29, 1.82) is 0 Å². The maximum absolute atomic E-state index is 12.2. The predicted octanol–water partition coefficient (Wildman–Crippen LogP) is 4.42. The van der Waals surface area contributed by atoms with E-state index in [0.717, 1.165) is 5.56 Å². The molecule has 3 rings (SSSR count). The average molecular weight is 392 g/mol. The number of aromatic nitrogens is 2. The molecule has 0 bridgehead atoms. The van der Waals surface area contributed by atoms with E-state index in [-0.39, 0.29) is 17.6 Å². The van der Waals surface area contributed by atoms with Gasteiger partial charge in [0.05, 0.1) is 12.7 Å². The van der Waals surface area contributed by atoms with Crippen molar-refractivity contribution >= 4 is 17.7 Å². The summed E-state index contributed by atoms with van der Waals surface area (Å²) >= 11 is 1.34. The molecule has 2 aromatic carbocycles. The third-order valence-electron chi connectivity index (χ3n) is 3.47. The van der Waals surface area contributed by atoms with Crippen LogP contribution in [0, 0.1) is 0 Å². The molecule has 0 aliphatic heterocycles. The smallest absolute Gasteiger partial charge is 0.387 e. The number of rotatable bonds is 7. The first kappa shape index (κ1) is 18.8. The Morgan fingerprint density at radius 2 is 1.81 bits per heavy atom. The van der Waals surface area contributed by atoms with Gasteiger partial charge < -0.3 is 13.9 Å². The van der Waals surface area contributed by atoms with Gasteiger partial charge in [-0.05, 0) is 42.0 Å². The number of carbonyl (C=O) groups is 1. The summed E-state index contributed by atoms with van der Waals surface area (Å²) in [6.07, 6.45) is 0. The van der Waals surface area contributed by atoms with Gasteiger partial charge in [0.15, 0.2) is 0 Å². The van der Waals surface area contributed by atoms with E-state index >= 15 is 0 Å². The first-order valence-corrected chi connectivity index (χ1v) is 8.72. The Kier molecular flexibility index (Phi) is 6.02. The second-order valence-corrected chi connectivity index (χ2v) is 6.18. The zero-order chi connectivity index (χ0) is 19.2. The minimum atomic E-state index is -2.87. The van der Waals surface area contributed by atoms with Crippen molar-refractivity contribution in [3.8, 4) is 17.2 Å². The molecule has 6 nitrogen and oxygen atoms in total. The molecular weight excluding hydrogens is 378 g/mol. The third kappa shape index (κ3) is 5.04. The van der Waals surface area contributed by atoms with Crippen molar-refractivity contribution in [2.45, 2.75) is 17.6 Å². The van der Waals surface area contributed by atoms with Gasteiger partial charge in [-0.15, -0.1) is 10.2 Å². The van der Waals surface area contributed by atoms with Crippen LogP contribution in [0.5, 0.6) is 5.75 Å². The quantitative estimate of drug-likeness (QED) is 0.435. The minimum absolute atomic E-state index is 0.0539. The van der Waals surface area contributed by atoms with E-state index in [1.165, 1.54) is 31.0 Å². The fourth-order valence-electron chi connectivity index (χ4n) is 2.16. The van der Waals surface area contributed by atoms with Gasteiger partial charge in [-0.2, -0.15) is 8.78 Å². The lowest BCUT2D eigenvalue weighted by molar-refractivity contribution is -0.0498. The Labute approximate surface area is 157 Å². The number of alkyl halides is 2. The number of ether oxygens (including phenoxy) is 2. The Morgan fingerprint density at radius 3 is 2.44 bits per heavy atom. The van der Waals surface area contributed by atoms with Crippen LogP contribution in [-0.4, -0.2) is 29.9 Å². The minimum Gasteiger partial charge on any atom is -0.465 e. The number of methoxy groups -OCH3 is 1. The fraction of sp³-hybridized carbons (Fsp3) is 0.167. The largest absolute Gasteiger partial charge is 0.465 e. The molecule has 27 heavy (non-hydrogen) atoms. The Bertz CT molecular complexity index is 898. The number of thioether (sulfide) groups is 1. The molecule has 0 aliphatic carbocycles. The lowest BCUT2D eigenvalue weighted by atomic mass is 10.1. The standard InChI is InChI=1S/C18H14F2N2O4S/c1-24-16(23)13-4-2-11(3-5-13)10-27-18-22-21-15(26-18)12-6-8-14(9-7-12)25-17(19)20/h2-9,17H,10H2,1H3. The molecule has 0 atom stereocenters. The molecule has 140 valence electrons. The number of carbonyl (C=O) groups excluding carboxylic acids is 1. The zero-order valence-electron chi connectivity index (χ0n) is 14.1. The van der Waals surface area contributed by atoms with Crippen molar-refractivity contribution in [3.05, 3.63) is 59.7 Å². The molecule has 0 saturated carbocycles. The maximum Gasteiger partial charge on any atom is 0.387 e. The molecule has 0 amide bonds. The predicted molar refractivity (Wildman–Crippen MR) is 93.7 cm³/mol. The summed E-state index contributed by atoms with van der Waals surface area (Å²) in [6, 6.07) is 12.9. The van der Waals surface area contributed by atoms with Crippen LogP contribution in [-0.2, 0) is 10.5 Å². The summed E-state index contributed by atoms with van der Waals surface area (Å²) in [5, 5.41) is 8.28. The van der Waals surface area contributed by atoms with Crippen LogP contribution in [0.2, 0.25) is 0 Å². The molecule has 0 aliphatic rings. The molecule has 0 spiro atoms. The van der Waals surface area contributed by atoms with Gasteiger partial charge in [0.1, 0.15) is 5.75 Å². The molecule has 3 aromatic rings. The molecule has 0 fully saturated rings. The summed E-state index contributed by atoms with van der Waals surface area (Å²) in [6.45, 7) is -2.87. The topological polar surface area (TPSA) is 74.5 Å². The highest BCUT2D eigenvalue weighted by Gasteiger charge is 2.11. The van der Waals surface area contributed by atoms with Crippen molar-refractivity contribution in [3.63, 3.8) is 0 Å². The van der Waals surface area contributed by atoms with Crippen LogP contribution in [0.15, 0.2) is 58.2 Å². The summed E-state index contributed by atoms with van der Waals surface area (Å²) in [7, 11) is 1.33. The zero-order valence-corrected chi connectivity index (χ0v) is 14.9. The monoisotopic (exact) mass is 392 g/mol. The summed E-state index contributed by atoms with van der Waals surface area (Å²) < 4.78 is 38.8. The molecule has 1 aromatic heterocycles. The van der Waals surface area contributed by atoms with Crippen molar-refractivity contribution in [1.82, 2.24) is 10.2 Å². The third-order valence-corrected chi connectivity index (χ3v) is 4.36. The first-order valence-electron chi connectivity index (χ1n) is 7.74. The van der Waals surface area contributed by atoms with Crippen LogP contribution < -0.4 is 4.74 Å². The number of nitrogens with zero attached hydrogens (tertiary/aromatic N) is 2. The number of halogens is 2. The number of benzene rings is 2. The average Bonchev–Trinajstić information content (AvgIpc) is 3.15. The summed E-state index contributed by atoms with van der Waals surface area (Å²) in [5.41, 5.74) is 2.05. The lowest BCUT2D eigenvalue weighted by Gasteiger charge is -2.03. The summed E-state index contributed by atoms with van der Waals surface area (Å²) in [5.74, 6) is 0.519. The molecule has 0 N–H and O–H groups in total. The van der Waals surface area contributed by atoms with Crippen molar-refractivity contribution in [2.75, 3.05) is 7.11 Å². The second kappa shape index (κ2) is 8.63. The van der Waals surface area contributed by atoms with Gasteiger partial charge in [-0.3, -0.25) is 0 Å². The van der Waals surface area contributed by atoms with E-state index in [1.54, 1.807) is 24.3 Å². The number of hydrogen-bond donors (Lipinski definition) is 0. The van der Waals surface area contributed by atoms with Crippen LogP contribution in [0.1, 0.15) is 15.9 Å². The van der Waals surface area contributed by atoms with E-state index in [9.17, 15) is 13.6 Å². The van der Waals surface area contributed by atoms with Crippen LogP contribution in [0.4, 0.5) is 8.78 Å². The maximum atomic E-state index is 12.2. The van der Waals surface area contributed by atoms with Gasteiger partial charge >= 0.3 is 12.6 Å². The van der Waals surface area contributed by atoms with Crippen molar-refractivity contribution < 1.29 is 27.5 Å². The van der Waals surface area contributed by atoms with Gasteiger partial charge in [0.25, 0.3) is 5.22 Å². The SMILES string of the molecule is COC(=O)c1ccc(CSc2nnc(-c3ccc(OC(F)F)cc3)o2)cc1.